The second-order valence-corrected chi connectivity index (χ2v) is 7.05. The van der Waals surface area contributed by atoms with E-state index in [1.807, 2.05) is 36.4 Å². The van der Waals surface area contributed by atoms with Crippen LogP contribution < -0.4 is 16.2 Å². The van der Waals surface area contributed by atoms with Crippen molar-refractivity contribution >= 4 is 34.2 Å². The van der Waals surface area contributed by atoms with Crippen molar-refractivity contribution in [2.75, 3.05) is 18.9 Å². The van der Waals surface area contributed by atoms with Crippen molar-refractivity contribution in [2.24, 2.45) is 0 Å². The van der Waals surface area contributed by atoms with E-state index >= 15 is 0 Å². The summed E-state index contributed by atoms with van der Waals surface area (Å²) < 4.78 is 0. The number of nitrogens with zero attached hydrogens (tertiary/aromatic N) is 2. The Kier molecular flexibility index (Phi) is 5.49. The fourth-order valence-corrected chi connectivity index (χ4v) is 3.43. The van der Waals surface area contributed by atoms with Crippen molar-refractivity contribution in [1.82, 2.24) is 25.5 Å². The molecule has 0 atom stereocenters. The van der Waals surface area contributed by atoms with E-state index in [0.717, 1.165) is 16.5 Å². The van der Waals surface area contributed by atoms with E-state index in [0.29, 0.717) is 22.0 Å². The summed E-state index contributed by atoms with van der Waals surface area (Å²) in [5.74, 6) is 0.0267. The van der Waals surface area contributed by atoms with Crippen LogP contribution in [0.4, 0.5) is 5.82 Å². The molecular weight excluding hydrogens is 404 g/mol. The molecule has 1 amide bonds. The molecule has 9 heteroatoms. The third-order valence-corrected chi connectivity index (χ3v) is 4.97. The standard InChI is InChI=1S/C21H19ClN6O2/c1-23-16(29)7-8-24-20-21(30)27-19(18(26-20)12-5-3-2-4-6-12)13-9-14-11-25-28-17(14)15(22)10-13/h2-6,9-11H,7-8H2,1H3,(H,23,29)(H,24,26)(H,25,28)(H,27,30). The second kappa shape index (κ2) is 8.38. The monoisotopic (exact) mass is 422 g/mol. The Hall–Kier alpha value is -3.65. The first-order valence-corrected chi connectivity index (χ1v) is 9.72. The Morgan fingerprint density at radius 2 is 1.97 bits per heavy atom. The van der Waals surface area contributed by atoms with Gasteiger partial charge in [-0.05, 0) is 12.1 Å². The van der Waals surface area contributed by atoms with E-state index in [1.54, 1.807) is 19.3 Å². The molecule has 0 spiro atoms. The van der Waals surface area contributed by atoms with Crippen LogP contribution in [0.1, 0.15) is 6.42 Å². The molecule has 0 saturated heterocycles. The summed E-state index contributed by atoms with van der Waals surface area (Å²) in [6, 6.07) is 13.2. The maximum Gasteiger partial charge on any atom is 0.291 e. The van der Waals surface area contributed by atoms with Crippen LogP contribution in [0.15, 0.2) is 53.5 Å². The summed E-state index contributed by atoms with van der Waals surface area (Å²) in [6.45, 7) is 0.288. The summed E-state index contributed by atoms with van der Waals surface area (Å²) >= 11 is 6.40. The summed E-state index contributed by atoms with van der Waals surface area (Å²) in [5, 5.41) is 13.7. The van der Waals surface area contributed by atoms with E-state index < -0.39 is 0 Å². The predicted octanol–water partition coefficient (Wildman–Crippen LogP) is 3.18. The highest BCUT2D eigenvalue weighted by Gasteiger charge is 2.16. The van der Waals surface area contributed by atoms with Crippen LogP contribution in [0, 0.1) is 0 Å². The predicted molar refractivity (Wildman–Crippen MR) is 118 cm³/mol. The molecule has 2 aromatic carbocycles. The van der Waals surface area contributed by atoms with Gasteiger partial charge < -0.3 is 15.6 Å². The lowest BCUT2D eigenvalue weighted by molar-refractivity contribution is -0.120. The van der Waals surface area contributed by atoms with Crippen LogP contribution in [0.2, 0.25) is 5.02 Å². The molecule has 0 fully saturated rings. The zero-order chi connectivity index (χ0) is 21.1. The Labute approximate surface area is 176 Å². The highest BCUT2D eigenvalue weighted by molar-refractivity contribution is 6.35. The molecular formula is C21H19ClN6O2. The molecule has 0 radical (unpaired) electrons. The first-order valence-electron chi connectivity index (χ1n) is 9.34. The van der Waals surface area contributed by atoms with Gasteiger partial charge in [0.25, 0.3) is 5.56 Å². The van der Waals surface area contributed by atoms with Crippen molar-refractivity contribution in [2.45, 2.75) is 6.42 Å². The minimum atomic E-state index is -0.384. The Balaban J connectivity index is 1.82. The minimum Gasteiger partial charge on any atom is -0.365 e. The minimum absolute atomic E-state index is 0.123. The average molecular weight is 423 g/mol. The van der Waals surface area contributed by atoms with E-state index in [9.17, 15) is 9.59 Å². The molecule has 0 bridgehead atoms. The molecule has 8 nitrogen and oxygen atoms in total. The van der Waals surface area contributed by atoms with Crippen LogP contribution in [-0.4, -0.2) is 39.7 Å². The number of carbonyl (C=O) groups excluding carboxylic acids is 1. The molecule has 0 unspecified atom stereocenters. The van der Waals surface area contributed by atoms with Crippen molar-refractivity contribution in [1.29, 1.82) is 0 Å². The summed E-state index contributed by atoms with van der Waals surface area (Å²) in [7, 11) is 1.57. The normalized spacial score (nSPS) is 10.9. The van der Waals surface area contributed by atoms with Gasteiger partial charge in [0.1, 0.15) is 0 Å². The van der Waals surface area contributed by atoms with Gasteiger partial charge in [0.05, 0.1) is 28.1 Å². The zero-order valence-corrected chi connectivity index (χ0v) is 16.9. The molecule has 4 aromatic rings. The number of H-pyrrole nitrogens is 2. The number of aromatic amines is 2. The molecule has 0 aliphatic carbocycles. The smallest absolute Gasteiger partial charge is 0.291 e. The first-order chi connectivity index (χ1) is 14.6. The van der Waals surface area contributed by atoms with Crippen LogP contribution in [0.5, 0.6) is 0 Å². The summed E-state index contributed by atoms with van der Waals surface area (Å²) in [5.41, 5.74) is 3.04. The Bertz CT molecular complexity index is 1270. The van der Waals surface area contributed by atoms with Crippen LogP contribution in [0.25, 0.3) is 33.4 Å². The van der Waals surface area contributed by atoms with Gasteiger partial charge in [-0.25, -0.2) is 4.98 Å². The van der Waals surface area contributed by atoms with Crippen LogP contribution >= 0.6 is 11.6 Å². The maximum atomic E-state index is 12.7. The SMILES string of the molecule is CNC(=O)CCNc1nc(-c2ccccc2)c(-c2cc(Cl)c3[nH]ncc3c2)[nH]c1=O. The van der Waals surface area contributed by atoms with E-state index in [1.165, 1.54) is 0 Å². The van der Waals surface area contributed by atoms with Gasteiger partial charge in [0.15, 0.2) is 5.82 Å². The Morgan fingerprint density at radius 1 is 1.17 bits per heavy atom. The third kappa shape index (κ3) is 3.90. The molecule has 4 N–H and O–H groups in total. The van der Waals surface area contributed by atoms with Crippen LogP contribution in [0.3, 0.4) is 0 Å². The zero-order valence-electron chi connectivity index (χ0n) is 16.1. The van der Waals surface area contributed by atoms with E-state index in [4.69, 9.17) is 11.6 Å². The van der Waals surface area contributed by atoms with Gasteiger partial charge in [-0.1, -0.05) is 41.9 Å². The highest BCUT2D eigenvalue weighted by atomic mass is 35.5. The second-order valence-electron chi connectivity index (χ2n) is 6.65. The van der Waals surface area contributed by atoms with Gasteiger partial charge in [0, 0.05) is 36.5 Å². The number of nitrogens with one attached hydrogen (secondary N) is 4. The number of anilines is 1. The average Bonchev–Trinajstić information content (AvgIpc) is 3.24. The highest BCUT2D eigenvalue weighted by Crippen LogP contribution is 2.33. The fourth-order valence-electron chi connectivity index (χ4n) is 3.16. The molecule has 0 saturated carbocycles. The number of benzene rings is 2. The van der Waals surface area contributed by atoms with Crippen LogP contribution in [-0.2, 0) is 4.79 Å². The third-order valence-electron chi connectivity index (χ3n) is 4.67. The van der Waals surface area contributed by atoms with Crippen molar-refractivity contribution in [3.8, 4) is 22.5 Å². The van der Waals surface area contributed by atoms with Crippen molar-refractivity contribution in [3.05, 3.63) is 64.0 Å². The van der Waals surface area contributed by atoms with Gasteiger partial charge in [-0.15, -0.1) is 0 Å². The summed E-state index contributed by atoms with van der Waals surface area (Å²) in [4.78, 5) is 31.7. The lowest BCUT2D eigenvalue weighted by atomic mass is 10.0. The molecule has 2 heterocycles. The quantitative estimate of drug-likeness (QED) is 0.381. The number of rotatable bonds is 6. The van der Waals surface area contributed by atoms with Gasteiger partial charge in [-0.3, -0.25) is 14.7 Å². The topological polar surface area (TPSA) is 116 Å². The van der Waals surface area contributed by atoms with Gasteiger partial charge >= 0.3 is 0 Å². The number of hydrogen-bond acceptors (Lipinski definition) is 5. The number of halogens is 1. The van der Waals surface area contributed by atoms with Gasteiger partial charge in [0.2, 0.25) is 5.91 Å². The number of fused-ring (bicyclic) bond motifs is 1. The maximum absolute atomic E-state index is 12.7. The lowest BCUT2D eigenvalue weighted by Crippen LogP contribution is -2.24. The molecule has 152 valence electrons. The number of hydrogen-bond donors (Lipinski definition) is 4. The van der Waals surface area contributed by atoms with Gasteiger partial charge in [-0.2, -0.15) is 5.10 Å². The van der Waals surface area contributed by atoms with Crippen molar-refractivity contribution in [3.63, 3.8) is 0 Å². The largest absolute Gasteiger partial charge is 0.365 e. The fraction of sp³-hybridized carbons (Fsp3) is 0.143. The Morgan fingerprint density at radius 3 is 2.73 bits per heavy atom. The first kappa shape index (κ1) is 19.7. The number of carbonyl (C=O) groups is 1. The summed E-state index contributed by atoms with van der Waals surface area (Å²) in [6.07, 6.45) is 1.90. The molecule has 2 aromatic heterocycles. The van der Waals surface area contributed by atoms with Crippen molar-refractivity contribution < 1.29 is 4.79 Å². The van der Waals surface area contributed by atoms with E-state index in [2.05, 4.69) is 30.8 Å². The lowest BCUT2D eigenvalue weighted by Gasteiger charge is -2.13. The number of amides is 1. The molecule has 4 rings (SSSR count). The number of aromatic nitrogens is 4. The van der Waals surface area contributed by atoms with E-state index in [-0.39, 0.29) is 30.2 Å². The molecule has 30 heavy (non-hydrogen) atoms. The molecule has 0 aliphatic heterocycles. The molecule has 0 aliphatic rings.